The monoisotopic (exact) mass is 380 g/mol. The van der Waals surface area contributed by atoms with E-state index >= 15 is 0 Å². The molecule has 0 bridgehead atoms. The lowest BCUT2D eigenvalue weighted by Crippen LogP contribution is -2.10. The molecule has 1 nitrogen and oxygen atoms in total. The van der Waals surface area contributed by atoms with Crippen LogP contribution in [0.5, 0.6) is 0 Å². The Kier molecular flexibility index (Phi) is 12.2. The third-order valence-electron chi connectivity index (χ3n) is 4.66. The highest BCUT2D eigenvalue weighted by Gasteiger charge is 2.06. The summed E-state index contributed by atoms with van der Waals surface area (Å²) in [5.41, 5.74) is 6.87. The van der Waals surface area contributed by atoms with E-state index in [4.69, 9.17) is 4.74 Å². The van der Waals surface area contributed by atoms with Crippen molar-refractivity contribution in [2.45, 2.75) is 86.4 Å². The normalized spacial score (nSPS) is 13.2. The quantitative estimate of drug-likeness (QED) is 0.331. The molecule has 0 spiro atoms. The lowest BCUT2D eigenvalue weighted by molar-refractivity contribution is 0.0732. The summed E-state index contributed by atoms with van der Waals surface area (Å²) >= 11 is 0. The van der Waals surface area contributed by atoms with Gasteiger partial charge in [-0.1, -0.05) is 76.9 Å². The van der Waals surface area contributed by atoms with Gasteiger partial charge in [-0.2, -0.15) is 0 Å². The van der Waals surface area contributed by atoms with E-state index < -0.39 is 0 Å². The van der Waals surface area contributed by atoms with Crippen molar-refractivity contribution >= 4 is 0 Å². The van der Waals surface area contributed by atoms with Gasteiger partial charge in [0.25, 0.3) is 0 Å². The predicted octanol–water partition coefficient (Wildman–Crippen LogP) is 8.35. The van der Waals surface area contributed by atoms with E-state index in [1.54, 1.807) is 0 Å². The zero-order valence-corrected chi connectivity index (χ0v) is 18.9. The maximum atomic E-state index is 6.27. The number of hydrogen-bond donors (Lipinski definition) is 0. The molecular formula is C27H40O. The zero-order chi connectivity index (χ0) is 20.8. The summed E-state index contributed by atoms with van der Waals surface area (Å²) in [6.07, 6.45) is 14.8. The molecule has 1 rings (SSSR count). The summed E-state index contributed by atoms with van der Waals surface area (Å²) in [5, 5.41) is 0. The van der Waals surface area contributed by atoms with Crippen LogP contribution in [0.15, 0.2) is 76.9 Å². The molecule has 28 heavy (non-hydrogen) atoms. The smallest absolute Gasteiger partial charge is 0.0797 e. The number of ether oxygens (including phenoxy) is 1. The highest BCUT2D eigenvalue weighted by Crippen LogP contribution is 2.16. The molecule has 0 aliphatic carbocycles. The Morgan fingerprint density at radius 2 is 1.36 bits per heavy atom. The highest BCUT2D eigenvalue weighted by molar-refractivity contribution is 5.14. The van der Waals surface area contributed by atoms with Crippen molar-refractivity contribution in [1.82, 2.24) is 0 Å². The minimum Gasteiger partial charge on any atom is -0.369 e. The fourth-order valence-corrected chi connectivity index (χ4v) is 2.96. The molecule has 0 aliphatic rings. The van der Waals surface area contributed by atoms with Crippen molar-refractivity contribution in [3.05, 3.63) is 82.5 Å². The molecule has 0 heterocycles. The van der Waals surface area contributed by atoms with Crippen molar-refractivity contribution in [3.8, 4) is 0 Å². The molecule has 0 amide bonds. The fraction of sp³-hybridized carbons (Fsp3) is 0.481. The number of rotatable bonds is 12. The van der Waals surface area contributed by atoms with Gasteiger partial charge in [-0.15, -0.1) is 0 Å². The van der Waals surface area contributed by atoms with Crippen LogP contribution in [-0.2, 0) is 11.3 Å². The van der Waals surface area contributed by atoms with Gasteiger partial charge in [-0.25, -0.2) is 0 Å². The highest BCUT2D eigenvalue weighted by atomic mass is 16.5. The van der Waals surface area contributed by atoms with Crippen molar-refractivity contribution in [2.24, 2.45) is 0 Å². The second kappa shape index (κ2) is 14.2. The average molecular weight is 381 g/mol. The molecule has 1 atom stereocenters. The minimum absolute atomic E-state index is 0.130. The lowest BCUT2D eigenvalue weighted by Gasteiger charge is -2.15. The Hall–Kier alpha value is -1.86. The second-order valence-electron chi connectivity index (χ2n) is 8.27. The van der Waals surface area contributed by atoms with Gasteiger partial charge >= 0.3 is 0 Å². The van der Waals surface area contributed by atoms with Crippen LogP contribution in [-0.4, -0.2) is 6.10 Å². The molecule has 0 fully saturated rings. The van der Waals surface area contributed by atoms with E-state index in [9.17, 15) is 0 Å². The first-order valence-electron chi connectivity index (χ1n) is 10.6. The van der Waals surface area contributed by atoms with Crippen molar-refractivity contribution < 1.29 is 4.74 Å². The standard InChI is InChI=1S/C27H40O/c1-22(2)12-10-14-24(5)18-19-27(20-25(6)15-11-13-23(3)4)28-21-26-16-8-7-9-17-26/h7-9,12-13,16-18,20,27H,10-11,14-15,19,21H2,1-6H3. The van der Waals surface area contributed by atoms with E-state index in [1.807, 2.05) is 6.07 Å². The molecule has 0 radical (unpaired) electrons. The van der Waals surface area contributed by atoms with Gasteiger partial charge in [-0.3, -0.25) is 0 Å². The first-order valence-corrected chi connectivity index (χ1v) is 10.6. The predicted molar refractivity (Wildman–Crippen MR) is 124 cm³/mol. The molecule has 0 aliphatic heterocycles. The molecule has 0 N–H and O–H groups in total. The minimum atomic E-state index is 0.130. The average Bonchev–Trinajstić information content (AvgIpc) is 2.64. The van der Waals surface area contributed by atoms with Crippen LogP contribution in [0.2, 0.25) is 0 Å². The summed E-state index contributed by atoms with van der Waals surface area (Å²) in [6, 6.07) is 10.4. The Balaban J connectivity index is 2.70. The third-order valence-corrected chi connectivity index (χ3v) is 4.66. The van der Waals surface area contributed by atoms with Crippen LogP contribution in [0.4, 0.5) is 0 Å². The number of hydrogen-bond acceptors (Lipinski definition) is 1. The molecule has 1 heteroatoms. The molecule has 1 aromatic carbocycles. The van der Waals surface area contributed by atoms with Gasteiger partial charge in [0, 0.05) is 0 Å². The van der Waals surface area contributed by atoms with Gasteiger partial charge < -0.3 is 4.74 Å². The van der Waals surface area contributed by atoms with Crippen LogP contribution in [0, 0.1) is 0 Å². The van der Waals surface area contributed by atoms with Gasteiger partial charge in [0.15, 0.2) is 0 Å². The molecule has 1 aromatic rings. The van der Waals surface area contributed by atoms with Crippen LogP contribution in [0.3, 0.4) is 0 Å². The van der Waals surface area contributed by atoms with E-state index in [-0.39, 0.29) is 6.10 Å². The first kappa shape index (κ1) is 24.2. The summed E-state index contributed by atoms with van der Waals surface area (Å²) in [4.78, 5) is 0. The number of allylic oxidation sites excluding steroid dienone is 6. The van der Waals surface area contributed by atoms with Crippen LogP contribution >= 0.6 is 0 Å². The Bertz CT molecular complexity index is 665. The second-order valence-corrected chi connectivity index (χ2v) is 8.27. The molecule has 154 valence electrons. The van der Waals surface area contributed by atoms with Crippen molar-refractivity contribution in [1.29, 1.82) is 0 Å². The van der Waals surface area contributed by atoms with E-state index in [0.29, 0.717) is 6.61 Å². The molecule has 1 unspecified atom stereocenters. The number of benzene rings is 1. The molecule has 0 saturated heterocycles. The van der Waals surface area contributed by atoms with Crippen LogP contribution in [0.25, 0.3) is 0 Å². The third kappa shape index (κ3) is 12.5. The SMILES string of the molecule is CC(C)=CCCC(C)=CCC(C=C(C)CCC=C(C)C)OCc1ccccc1. The van der Waals surface area contributed by atoms with Gasteiger partial charge in [-0.05, 0) is 79.2 Å². The van der Waals surface area contributed by atoms with Gasteiger partial charge in [0.05, 0.1) is 12.7 Å². The first-order chi connectivity index (χ1) is 13.4. The van der Waals surface area contributed by atoms with E-state index in [1.165, 1.54) is 27.9 Å². The molecule has 0 aromatic heterocycles. The summed E-state index contributed by atoms with van der Waals surface area (Å²) in [6.45, 7) is 13.8. The summed E-state index contributed by atoms with van der Waals surface area (Å²) in [7, 11) is 0. The Morgan fingerprint density at radius 3 is 1.93 bits per heavy atom. The summed E-state index contributed by atoms with van der Waals surface area (Å²) < 4.78 is 6.27. The molecule has 0 saturated carbocycles. The van der Waals surface area contributed by atoms with E-state index in [2.05, 4.69) is 90.1 Å². The van der Waals surface area contributed by atoms with Crippen molar-refractivity contribution in [3.63, 3.8) is 0 Å². The van der Waals surface area contributed by atoms with Crippen LogP contribution in [0.1, 0.15) is 79.2 Å². The Morgan fingerprint density at radius 1 is 0.786 bits per heavy atom. The topological polar surface area (TPSA) is 9.23 Å². The van der Waals surface area contributed by atoms with Crippen molar-refractivity contribution in [2.75, 3.05) is 0 Å². The zero-order valence-electron chi connectivity index (χ0n) is 18.9. The van der Waals surface area contributed by atoms with E-state index in [0.717, 1.165) is 32.1 Å². The summed E-state index contributed by atoms with van der Waals surface area (Å²) in [5.74, 6) is 0. The van der Waals surface area contributed by atoms with Gasteiger partial charge in [0.1, 0.15) is 0 Å². The molecular weight excluding hydrogens is 340 g/mol. The van der Waals surface area contributed by atoms with Gasteiger partial charge in [0.2, 0.25) is 0 Å². The maximum Gasteiger partial charge on any atom is 0.0797 e. The fourth-order valence-electron chi connectivity index (χ4n) is 2.96. The maximum absolute atomic E-state index is 6.27. The Labute approximate surface area is 173 Å². The largest absolute Gasteiger partial charge is 0.369 e. The lowest BCUT2D eigenvalue weighted by atomic mass is 10.0. The van der Waals surface area contributed by atoms with Crippen LogP contribution < -0.4 is 0 Å².